The second-order valence-electron chi connectivity index (χ2n) is 4.48. The normalized spacial score (nSPS) is 10.8. The summed E-state index contributed by atoms with van der Waals surface area (Å²) in [5.74, 6) is -1.27. The molecule has 2 amide bonds. The van der Waals surface area contributed by atoms with Crippen LogP contribution in [-0.4, -0.2) is 24.6 Å². The van der Waals surface area contributed by atoms with Gasteiger partial charge in [0, 0.05) is 6.54 Å². The molecule has 1 aromatic rings. The van der Waals surface area contributed by atoms with E-state index in [2.05, 4.69) is 15.8 Å². The molecule has 0 spiro atoms. The largest absolute Gasteiger partial charge is 0.348 e. The third kappa shape index (κ3) is 5.59. The summed E-state index contributed by atoms with van der Waals surface area (Å²) in [7, 11) is 0. The summed E-state index contributed by atoms with van der Waals surface area (Å²) in [5, 5.41) is 6.97. The number of hydrazone groups is 1. The molecule has 0 fully saturated rings. The minimum Gasteiger partial charge on any atom is -0.348 e. The lowest BCUT2D eigenvalue weighted by Gasteiger charge is -2.05. The number of carbonyl (C=O) groups is 2. The van der Waals surface area contributed by atoms with Crippen LogP contribution in [-0.2, 0) is 9.59 Å². The summed E-state index contributed by atoms with van der Waals surface area (Å²) in [4.78, 5) is 22.7. The fourth-order valence-electron chi connectivity index (χ4n) is 1.19. The van der Waals surface area contributed by atoms with Crippen LogP contribution in [0.2, 0.25) is 10.0 Å². The van der Waals surface area contributed by atoms with Gasteiger partial charge in [-0.15, -0.1) is 0 Å². The Labute approximate surface area is 127 Å². The lowest BCUT2D eigenvalue weighted by molar-refractivity contribution is -0.139. The van der Waals surface area contributed by atoms with Crippen LogP contribution >= 0.6 is 23.2 Å². The molecule has 0 saturated carbocycles. The maximum atomic E-state index is 11.4. The number of carbonyl (C=O) groups excluding carboxylic acids is 2. The predicted octanol–water partition coefficient (Wildman–Crippen LogP) is 2.22. The van der Waals surface area contributed by atoms with Crippen LogP contribution in [0.4, 0.5) is 0 Å². The predicted molar refractivity (Wildman–Crippen MR) is 80.0 cm³/mol. The van der Waals surface area contributed by atoms with Crippen molar-refractivity contribution in [2.24, 2.45) is 11.0 Å². The van der Waals surface area contributed by atoms with Gasteiger partial charge in [0.15, 0.2) is 0 Å². The first-order valence-electron chi connectivity index (χ1n) is 5.96. The molecule has 108 valence electrons. The minimum atomic E-state index is -0.818. The summed E-state index contributed by atoms with van der Waals surface area (Å²) in [6.45, 7) is 4.30. The van der Waals surface area contributed by atoms with Crippen molar-refractivity contribution in [1.29, 1.82) is 0 Å². The molecule has 1 rings (SSSR count). The van der Waals surface area contributed by atoms with Crippen LogP contribution in [0, 0.1) is 5.92 Å². The number of amides is 2. The number of halogens is 2. The molecule has 0 aromatic heterocycles. The van der Waals surface area contributed by atoms with Crippen molar-refractivity contribution >= 4 is 41.2 Å². The summed E-state index contributed by atoms with van der Waals surface area (Å²) in [6.07, 6.45) is 1.37. The van der Waals surface area contributed by atoms with Crippen molar-refractivity contribution in [3.63, 3.8) is 0 Å². The van der Waals surface area contributed by atoms with E-state index in [0.717, 1.165) is 0 Å². The zero-order chi connectivity index (χ0) is 15.1. The van der Waals surface area contributed by atoms with Gasteiger partial charge in [-0.05, 0) is 23.6 Å². The Bertz CT molecular complexity index is 530. The van der Waals surface area contributed by atoms with Crippen LogP contribution < -0.4 is 10.7 Å². The van der Waals surface area contributed by atoms with Crippen molar-refractivity contribution in [3.05, 3.63) is 33.8 Å². The Morgan fingerprint density at radius 3 is 2.55 bits per heavy atom. The molecule has 0 unspecified atom stereocenters. The molecule has 5 nitrogen and oxygen atoms in total. The Kier molecular flexibility index (Phi) is 6.48. The Morgan fingerprint density at radius 2 is 1.95 bits per heavy atom. The highest BCUT2D eigenvalue weighted by molar-refractivity contribution is 6.42. The van der Waals surface area contributed by atoms with Gasteiger partial charge in [0.1, 0.15) is 0 Å². The third-order valence-electron chi connectivity index (χ3n) is 2.20. The molecule has 0 heterocycles. The highest BCUT2D eigenvalue weighted by Crippen LogP contribution is 2.21. The molecular formula is C13H15Cl2N3O2. The average Bonchev–Trinajstić information content (AvgIpc) is 2.39. The molecule has 2 N–H and O–H groups in total. The van der Waals surface area contributed by atoms with Crippen LogP contribution in [0.1, 0.15) is 19.4 Å². The van der Waals surface area contributed by atoms with E-state index in [1.165, 1.54) is 6.21 Å². The number of hydrogen-bond donors (Lipinski definition) is 2. The highest BCUT2D eigenvalue weighted by atomic mass is 35.5. The van der Waals surface area contributed by atoms with Gasteiger partial charge in [0.2, 0.25) is 0 Å². The fraction of sp³-hybridized carbons (Fsp3) is 0.308. The summed E-state index contributed by atoms with van der Waals surface area (Å²) in [6, 6.07) is 4.89. The average molecular weight is 316 g/mol. The standard InChI is InChI=1S/C13H15Cl2N3O2/c1-8(2)6-16-12(19)13(20)18-17-7-9-3-4-10(14)11(15)5-9/h3-5,7-8H,6H2,1-2H3,(H,16,19)(H,18,20)/b17-7-. The molecule has 0 bridgehead atoms. The molecule has 0 saturated heterocycles. The van der Waals surface area contributed by atoms with Gasteiger partial charge in [0.25, 0.3) is 0 Å². The zero-order valence-electron chi connectivity index (χ0n) is 11.1. The van der Waals surface area contributed by atoms with E-state index in [1.54, 1.807) is 18.2 Å². The first kappa shape index (κ1) is 16.5. The van der Waals surface area contributed by atoms with Crippen molar-refractivity contribution < 1.29 is 9.59 Å². The van der Waals surface area contributed by atoms with Gasteiger partial charge in [-0.3, -0.25) is 9.59 Å². The van der Waals surface area contributed by atoms with E-state index in [-0.39, 0.29) is 5.92 Å². The van der Waals surface area contributed by atoms with E-state index in [4.69, 9.17) is 23.2 Å². The Balaban J connectivity index is 2.49. The summed E-state index contributed by atoms with van der Waals surface area (Å²) >= 11 is 11.6. The highest BCUT2D eigenvalue weighted by Gasteiger charge is 2.11. The van der Waals surface area contributed by atoms with Crippen LogP contribution in [0.5, 0.6) is 0 Å². The van der Waals surface area contributed by atoms with E-state index >= 15 is 0 Å². The van der Waals surface area contributed by atoms with E-state index < -0.39 is 11.8 Å². The number of benzene rings is 1. The number of rotatable bonds is 4. The molecule has 0 aliphatic rings. The van der Waals surface area contributed by atoms with Gasteiger partial charge in [-0.1, -0.05) is 43.1 Å². The van der Waals surface area contributed by atoms with E-state index in [9.17, 15) is 9.59 Å². The number of nitrogens with one attached hydrogen (secondary N) is 2. The molecule has 0 aliphatic heterocycles. The lowest BCUT2D eigenvalue weighted by Crippen LogP contribution is -2.39. The molecule has 20 heavy (non-hydrogen) atoms. The quantitative estimate of drug-likeness (QED) is 0.508. The molecule has 0 aliphatic carbocycles. The number of hydrogen-bond acceptors (Lipinski definition) is 3. The summed E-state index contributed by atoms with van der Waals surface area (Å²) in [5.41, 5.74) is 2.79. The summed E-state index contributed by atoms with van der Waals surface area (Å²) < 4.78 is 0. The Morgan fingerprint density at radius 1 is 1.25 bits per heavy atom. The van der Waals surface area contributed by atoms with Crippen molar-refractivity contribution in [1.82, 2.24) is 10.7 Å². The van der Waals surface area contributed by atoms with Crippen LogP contribution in [0.25, 0.3) is 0 Å². The lowest BCUT2D eigenvalue weighted by atomic mass is 10.2. The SMILES string of the molecule is CC(C)CNC(=O)C(=O)N/N=C\c1ccc(Cl)c(Cl)c1. The molecular weight excluding hydrogens is 301 g/mol. The third-order valence-corrected chi connectivity index (χ3v) is 2.94. The first-order valence-corrected chi connectivity index (χ1v) is 6.72. The van der Waals surface area contributed by atoms with Crippen LogP contribution in [0.3, 0.4) is 0 Å². The monoisotopic (exact) mass is 315 g/mol. The van der Waals surface area contributed by atoms with Gasteiger partial charge in [-0.25, -0.2) is 5.43 Å². The fourth-order valence-corrected chi connectivity index (χ4v) is 1.49. The maximum Gasteiger partial charge on any atom is 0.329 e. The molecule has 7 heteroatoms. The minimum absolute atomic E-state index is 0.270. The van der Waals surface area contributed by atoms with E-state index in [0.29, 0.717) is 22.2 Å². The van der Waals surface area contributed by atoms with Crippen molar-refractivity contribution in [3.8, 4) is 0 Å². The molecule has 1 aromatic carbocycles. The topological polar surface area (TPSA) is 70.6 Å². The van der Waals surface area contributed by atoms with Gasteiger partial charge < -0.3 is 5.32 Å². The maximum absolute atomic E-state index is 11.4. The smallest absolute Gasteiger partial charge is 0.329 e. The number of nitrogens with zero attached hydrogens (tertiary/aromatic N) is 1. The van der Waals surface area contributed by atoms with E-state index in [1.807, 2.05) is 13.8 Å². The van der Waals surface area contributed by atoms with Gasteiger partial charge in [0.05, 0.1) is 16.3 Å². The molecule has 0 radical (unpaired) electrons. The van der Waals surface area contributed by atoms with Gasteiger partial charge >= 0.3 is 11.8 Å². The Hall–Kier alpha value is -1.59. The second-order valence-corrected chi connectivity index (χ2v) is 5.29. The van der Waals surface area contributed by atoms with Crippen LogP contribution in [0.15, 0.2) is 23.3 Å². The molecule has 0 atom stereocenters. The van der Waals surface area contributed by atoms with Crippen molar-refractivity contribution in [2.45, 2.75) is 13.8 Å². The zero-order valence-corrected chi connectivity index (χ0v) is 12.6. The second kappa shape index (κ2) is 7.87. The van der Waals surface area contributed by atoms with Gasteiger partial charge in [-0.2, -0.15) is 5.10 Å². The first-order chi connectivity index (χ1) is 9.40. The van der Waals surface area contributed by atoms with Crippen molar-refractivity contribution in [2.75, 3.05) is 6.54 Å².